The molecule has 1 amide bonds. The zero-order valence-corrected chi connectivity index (χ0v) is 10.3. The summed E-state index contributed by atoms with van der Waals surface area (Å²) >= 11 is 0. The number of nitrogens with two attached hydrogens (primary N) is 1. The maximum Gasteiger partial charge on any atom is 0.251 e. The van der Waals surface area contributed by atoms with Gasteiger partial charge >= 0.3 is 0 Å². The maximum absolute atomic E-state index is 11.8. The Morgan fingerprint density at radius 3 is 2.65 bits per heavy atom. The molecule has 1 aliphatic rings. The number of hydrogen-bond acceptors (Lipinski definition) is 3. The number of nitrogen functional groups attached to an aromatic ring is 1. The molecule has 0 atom stereocenters. The minimum atomic E-state index is -0.0321. The van der Waals surface area contributed by atoms with E-state index in [2.05, 4.69) is 10.6 Å². The van der Waals surface area contributed by atoms with E-state index < -0.39 is 0 Å². The largest absolute Gasteiger partial charge is 0.397 e. The smallest absolute Gasteiger partial charge is 0.251 e. The van der Waals surface area contributed by atoms with Crippen molar-refractivity contribution in [1.29, 1.82) is 0 Å². The molecule has 4 heteroatoms. The van der Waals surface area contributed by atoms with Gasteiger partial charge in [0, 0.05) is 17.6 Å². The van der Waals surface area contributed by atoms with Crippen LogP contribution in [0.4, 0.5) is 11.4 Å². The van der Waals surface area contributed by atoms with Gasteiger partial charge in [-0.3, -0.25) is 4.79 Å². The molecule has 4 nitrogen and oxygen atoms in total. The Kier molecular flexibility index (Phi) is 3.22. The van der Waals surface area contributed by atoms with Gasteiger partial charge in [0.15, 0.2) is 0 Å². The average Bonchev–Trinajstić information content (AvgIpc) is 3.04. The van der Waals surface area contributed by atoms with Gasteiger partial charge in [-0.2, -0.15) is 0 Å². The first-order valence-electron chi connectivity index (χ1n) is 6.03. The van der Waals surface area contributed by atoms with Crippen molar-refractivity contribution in [2.75, 3.05) is 11.1 Å². The van der Waals surface area contributed by atoms with Gasteiger partial charge in [0.25, 0.3) is 5.91 Å². The summed E-state index contributed by atoms with van der Waals surface area (Å²) in [5.74, 6) is -0.0321. The van der Waals surface area contributed by atoms with E-state index in [-0.39, 0.29) is 5.91 Å². The first-order valence-corrected chi connectivity index (χ1v) is 6.03. The molecule has 0 bridgehead atoms. The zero-order chi connectivity index (χ0) is 12.4. The summed E-state index contributed by atoms with van der Waals surface area (Å²) < 4.78 is 0. The lowest BCUT2D eigenvalue weighted by molar-refractivity contribution is 0.0951. The first kappa shape index (κ1) is 11.8. The van der Waals surface area contributed by atoms with Crippen molar-refractivity contribution in [3.05, 3.63) is 23.8 Å². The van der Waals surface area contributed by atoms with Crippen LogP contribution in [0.25, 0.3) is 0 Å². The standard InChI is InChI=1S/C13H19N3O/c1-8(2)15-12-6-3-9(7-11(12)14)13(17)16-10-4-5-10/h3,6-8,10,15H,4-5,14H2,1-2H3,(H,16,17). The van der Waals surface area contributed by atoms with E-state index in [1.807, 2.05) is 19.9 Å². The molecule has 1 fully saturated rings. The molecular weight excluding hydrogens is 214 g/mol. The Bertz CT molecular complexity index is 425. The quantitative estimate of drug-likeness (QED) is 0.697. The number of amides is 1. The summed E-state index contributed by atoms with van der Waals surface area (Å²) in [6, 6.07) is 6.08. The highest BCUT2D eigenvalue weighted by atomic mass is 16.1. The van der Waals surface area contributed by atoms with E-state index in [0.717, 1.165) is 18.5 Å². The normalized spacial score (nSPS) is 14.8. The Labute approximate surface area is 102 Å². The third kappa shape index (κ3) is 3.12. The summed E-state index contributed by atoms with van der Waals surface area (Å²) in [7, 11) is 0. The van der Waals surface area contributed by atoms with Crippen molar-refractivity contribution in [2.24, 2.45) is 0 Å². The second kappa shape index (κ2) is 4.65. The maximum atomic E-state index is 11.8. The highest BCUT2D eigenvalue weighted by Gasteiger charge is 2.23. The van der Waals surface area contributed by atoms with Crippen LogP contribution in [0.1, 0.15) is 37.0 Å². The lowest BCUT2D eigenvalue weighted by Gasteiger charge is -2.13. The SMILES string of the molecule is CC(C)Nc1ccc(C(=O)NC2CC2)cc1N. The first-order chi connectivity index (χ1) is 8.06. The highest BCUT2D eigenvalue weighted by Crippen LogP contribution is 2.22. The molecule has 0 saturated heterocycles. The molecule has 1 aliphatic carbocycles. The van der Waals surface area contributed by atoms with Gasteiger partial charge < -0.3 is 16.4 Å². The predicted molar refractivity (Wildman–Crippen MR) is 70.1 cm³/mol. The number of nitrogens with one attached hydrogen (secondary N) is 2. The van der Waals surface area contributed by atoms with Crippen molar-refractivity contribution >= 4 is 17.3 Å². The topological polar surface area (TPSA) is 67.2 Å². The molecule has 1 aromatic rings. The number of carbonyl (C=O) groups excluding carboxylic acids is 1. The highest BCUT2D eigenvalue weighted by molar-refractivity contribution is 5.96. The summed E-state index contributed by atoms with van der Waals surface area (Å²) in [6.45, 7) is 4.10. The van der Waals surface area contributed by atoms with Crippen LogP contribution in [-0.4, -0.2) is 18.0 Å². The van der Waals surface area contributed by atoms with Crippen LogP contribution < -0.4 is 16.4 Å². The number of hydrogen-bond donors (Lipinski definition) is 3. The fourth-order valence-electron chi connectivity index (χ4n) is 1.64. The third-order valence-electron chi connectivity index (χ3n) is 2.67. The van der Waals surface area contributed by atoms with Gasteiger partial charge in [-0.1, -0.05) is 0 Å². The van der Waals surface area contributed by atoms with E-state index in [4.69, 9.17) is 5.73 Å². The fourth-order valence-corrected chi connectivity index (χ4v) is 1.64. The van der Waals surface area contributed by atoms with Crippen LogP contribution in [0.15, 0.2) is 18.2 Å². The van der Waals surface area contributed by atoms with Crippen molar-refractivity contribution in [1.82, 2.24) is 5.32 Å². The van der Waals surface area contributed by atoms with E-state index in [1.54, 1.807) is 12.1 Å². The van der Waals surface area contributed by atoms with Crippen LogP contribution in [0, 0.1) is 0 Å². The predicted octanol–water partition coefficient (Wildman–Crippen LogP) is 1.98. The van der Waals surface area contributed by atoms with Crippen LogP contribution in [0.2, 0.25) is 0 Å². The summed E-state index contributed by atoms with van der Waals surface area (Å²) in [6.07, 6.45) is 2.18. The number of carbonyl (C=O) groups is 1. The van der Waals surface area contributed by atoms with Crippen molar-refractivity contribution in [2.45, 2.75) is 38.8 Å². The molecule has 17 heavy (non-hydrogen) atoms. The second-order valence-electron chi connectivity index (χ2n) is 4.85. The van der Waals surface area contributed by atoms with Gasteiger partial charge in [-0.05, 0) is 44.9 Å². The van der Waals surface area contributed by atoms with E-state index in [9.17, 15) is 4.79 Å². The van der Waals surface area contributed by atoms with E-state index >= 15 is 0 Å². The molecule has 4 N–H and O–H groups in total. The Hall–Kier alpha value is -1.71. The minimum Gasteiger partial charge on any atom is -0.397 e. The van der Waals surface area contributed by atoms with Crippen LogP contribution in [0.5, 0.6) is 0 Å². The molecule has 0 spiro atoms. The molecule has 92 valence electrons. The van der Waals surface area contributed by atoms with Gasteiger partial charge in [0.1, 0.15) is 0 Å². The van der Waals surface area contributed by atoms with Crippen molar-refractivity contribution < 1.29 is 4.79 Å². The van der Waals surface area contributed by atoms with Gasteiger partial charge in [-0.25, -0.2) is 0 Å². The molecule has 0 aromatic heterocycles. The van der Waals surface area contributed by atoms with E-state index in [1.165, 1.54) is 0 Å². The number of benzene rings is 1. The Morgan fingerprint density at radius 2 is 2.12 bits per heavy atom. The van der Waals surface area contributed by atoms with Gasteiger partial charge in [0.2, 0.25) is 0 Å². The van der Waals surface area contributed by atoms with E-state index in [0.29, 0.717) is 23.3 Å². The molecular formula is C13H19N3O. The monoisotopic (exact) mass is 233 g/mol. The molecule has 1 saturated carbocycles. The van der Waals surface area contributed by atoms with Crippen LogP contribution >= 0.6 is 0 Å². The summed E-state index contributed by atoms with van der Waals surface area (Å²) in [5, 5.41) is 6.18. The lowest BCUT2D eigenvalue weighted by atomic mass is 10.1. The molecule has 0 radical (unpaired) electrons. The lowest BCUT2D eigenvalue weighted by Crippen LogP contribution is -2.25. The van der Waals surface area contributed by atoms with Gasteiger partial charge in [0.05, 0.1) is 11.4 Å². The number of anilines is 2. The van der Waals surface area contributed by atoms with Crippen LogP contribution in [0.3, 0.4) is 0 Å². The Morgan fingerprint density at radius 1 is 1.41 bits per heavy atom. The average molecular weight is 233 g/mol. The molecule has 2 rings (SSSR count). The molecule has 1 aromatic carbocycles. The van der Waals surface area contributed by atoms with Crippen molar-refractivity contribution in [3.8, 4) is 0 Å². The van der Waals surface area contributed by atoms with Crippen LogP contribution in [-0.2, 0) is 0 Å². The summed E-state index contributed by atoms with van der Waals surface area (Å²) in [5.41, 5.74) is 8.03. The fraction of sp³-hybridized carbons (Fsp3) is 0.462. The number of rotatable bonds is 4. The molecule has 0 heterocycles. The van der Waals surface area contributed by atoms with Crippen molar-refractivity contribution in [3.63, 3.8) is 0 Å². The molecule has 0 aliphatic heterocycles. The second-order valence-corrected chi connectivity index (χ2v) is 4.85. The minimum absolute atomic E-state index is 0.0321. The Balaban J connectivity index is 2.08. The third-order valence-corrected chi connectivity index (χ3v) is 2.67. The molecule has 0 unspecified atom stereocenters. The summed E-state index contributed by atoms with van der Waals surface area (Å²) in [4.78, 5) is 11.8. The zero-order valence-electron chi connectivity index (χ0n) is 10.3. The van der Waals surface area contributed by atoms with Gasteiger partial charge in [-0.15, -0.1) is 0 Å².